The Kier molecular flexibility index (Phi) is 7.01. The number of aliphatic hydroxyl groups is 1. The number of thioether (sulfide) groups is 1. The molecule has 32 heavy (non-hydrogen) atoms. The summed E-state index contributed by atoms with van der Waals surface area (Å²) in [6.07, 6.45) is 4.95. The van der Waals surface area contributed by atoms with Gasteiger partial charge in [-0.3, -0.25) is 4.99 Å². The van der Waals surface area contributed by atoms with Crippen LogP contribution in [-0.2, 0) is 10.8 Å². The molecule has 178 valence electrons. The molecule has 2 unspecified atom stereocenters. The molecule has 2 aliphatic heterocycles. The van der Waals surface area contributed by atoms with E-state index >= 15 is 0 Å². The van der Waals surface area contributed by atoms with Crippen molar-refractivity contribution < 1.29 is 5.11 Å². The van der Waals surface area contributed by atoms with Gasteiger partial charge in [0.25, 0.3) is 0 Å². The van der Waals surface area contributed by atoms with Gasteiger partial charge in [-0.05, 0) is 66.2 Å². The SMILES string of the molecule is CC1SC(N2CCC(CN(C)CCO)CC2)=NC1c1ccc2c(c1)C(C)(C)CCC2(C)C. The summed E-state index contributed by atoms with van der Waals surface area (Å²) in [4.78, 5) is 10.1. The molecule has 4 nitrogen and oxygen atoms in total. The highest BCUT2D eigenvalue weighted by molar-refractivity contribution is 8.14. The molecule has 0 amide bonds. The molecule has 0 radical (unpaired) electrons. The molecule has 1 aromatic rings. The Hall–Kier alpha value is -1.04. The quantitative estimate of drug-likeness (QED) is 0.659. The molecule has 0 saturated carbocycles. The minimum Gasteiger partial charge on any atom is -0.395 e. The number of rotatable bonds is 5. The van der Waals surface area contributed by atoms with Crippen LogP contribution in [0.3, 0.4) is 0 Å². The predicted octanol–water partition coefficient (Wildman–Crippen LogP) is 5.20. The summed E-state index contributed by atoms with van der Waals surface area (Å²) in [5, 5.41) is 10.9. The van der Waals surface area contributed by atoms with Gasteiger partial charge in [0.2, 0.25) is 0 Å². The van der Waals surface area contributed by atoms with Gasteiger partial charge in [0.15, 0.2) is 5.17 Å². The van der Waals surface area contributed by atoms with Crippen LogP contribution in [0.25, 0.3) is 0 Å². The number of aliphatic hydroxyl groups excluding tert-OH is 1. The van der Waals surface area contributed by atoms with Crippen molar-refractivity contribution in [3.8, 4) is 0 Å². The highest BCUT2D eigenvalue weighted by atomic mass is 32.2. The first-order chi connectivity index (χ1) is 15.1. The largest absolute Gasteiger partial charge is 0.395 e. The number of aliphatic imine (C=N–C) groups is 1. The van der Waals surface area contributed by atoms with Gasteiger partial charge in [0.05, 0.1) is 12.6 Å². The van der Waals surface area contributed by atoms with E-state index in [9.17, 15) is 0 Å². The number of piperidine rings is 1. The lowest BCUT2D eigenvalue weighted by molar-refractivity contribution is 0.172. The average molecular weight is 458 g/mol. The van der Waals surface area contributed by atoms with Crippen molar-refractivity contribution in [2.75, 3.05) is 39.8 Å². The van der Waals surface area contributed by atoms with Gasteiger partial charge in [-0.1, -0.05) is 64.6 Å². The third-order valence-electron chi connectivity index (χ3n) is 8.14. The third-order valence-corrected chi connectivity index (χ3v) is 9.34. The van der Waals surface area contributed by atoms with Crippen LogP contribution in [0.15, 0.2) is 23.2 Å². The first-order valence-electron chi connectivity index (χ1n) is 12.5. The van der Waals surface area contributed by atoms with E-state index in [2.05, 4.69) is 69.7 Å². The zero-order valence-corrected chi connectivity index (χ0v) is 21.8. The van der Waals surface area contributed by atoms with E-state index in [4.69, 9.17) is 10.1 Å². The Morgan fingerprint density at radius 3 is 2.41 bits per heavy atom. The van der Waals surface area contributed by atoms with E-state index in [0.717, 1.165) is 32.1 Å². The van der Waals surface area contributed by atoms with Gasteiger partial charge in [0.1, 0.15) is 0 Å². The second-order valence-electron chi connectivity index (χ2n) is 11.7. The van der Waals surface area contributed by atoms with Crippen molar-refractivity contribution in [2.24, 2.45) is 10.9 Å². The van der Waals surface area contributed by atoms with Crippen LogP contribution in [0, 0.1) is 5.92 Å². The van der Waals surface area contributed by atoms with E-state index in [0.29, 0.717) is 5.25 Å². The number of benzene rings is 1. The second kappa shape index (κ2) is 9.31. The minimum absolute atomic E-state index is 0.244. The number of likely N-dealkylation sites (N-methyl/N-ethyl adjacent to an activating group) is 1. The molecule has 2 atom stereocenters. The lowest BCUT2D eigenvalue weighted by atomic mass is 9.63. The Balaban J connectivity index is 1.47. The van der Waals surface area contributed by atoms with Crippen LogP contribution in [0.4, 0.5) is 0 Å². The van der Waals surface area contributed by atoms with E-state index in [-0.39, 0.29) is 23.5 Å². The fraction of sp³-hybridized carbons (Fsp3) is 0.741. The molecule has 3 aliphatic rings. The van der Waals surface area contributed by atoms with Crippen molar-refractivity contribution in [1.82, 2.24) is 9.80 Å². The van der Waals surface area contributed by atoms with Crippen molar-refractivity contribution >= 4 is 16.9 Å². The molecule has 0 bridgehead atoms. The average Bonchev–Trinajstić information content (AvgIpc) is 3.13. The molecule has 1 aliphatic carbocycles. The molecule has 1 aromatic carbocycles. The van der Waals surface area contributed by atoms with Crippen molar-refractivity contribution in [1.29, 1.82) is 0 Å². The fourth-order valence-electron chi connectivity index (χ4n) is 5.79. The monoisotopic (exact) mass is 457 g/mol. The summed E-state index contributed by atoms with van der Waals surface area (Å²) in [7, 11) is 2.12. The molecule has 4 rings (SSSR count). The Morgan fingerprint density at radius 2 is 1.75 bits per heavy atom. The Labute approximate surface area is 199 Å². The van der Waals surface area contributed by atoms with Gasteiger partial charge in [0, 0.05) is 31.4 Å². The molecule has 1 fully saturated rings. The maximum atomic E-state index is 9.15. The Morgan fingerprint density at radius 1 is 1.09 bits per heavy atom. The van der Waals surface area contributed by atoms with E-state index in [1.54, 1.807) is 5.56 Å². The number of nitrogens with zero attached hydrogens (tertiary/aromatic N) is 3. The molecule has 0 aromatic heterocycles. The van der Waals surface area contributed by atoms with Crippen LogP contribution >= 0.6 is 11.8 Å². The van der Waals surface area contributed by atoms with Crippen LogP contribution in [0.1, 0.15) is 83.0 Å². The number of hydrogen-bond acceptors (Lipinski definition) is 5. The third kappa shape index (κ3) is 4.90. The maximum absolute atomic E-state index is 9.15. The summed E-state index contributed by atoms with van der Waals surface area (Å²) in [5.74, 6) is 0.731. The van der Waals surface area contributed by atoms with Crippen molar-refractivity contribution in [2.45, 2.75) is 82.4 Å². The number of fused-ring (bicyclic) bond motifs is 1. The van der Waals surface area contributed by atoms with Crippen LogP contribution in [-0.4, -0.2) is 65.2 Å². The molecular formula is C27H43N3OS. The zero-order chi connectivity index (χ0) is 23.1. The van der Waals surface area contributed by atoms with Crippen molar-refractivity contribution in [3.63, 3.8) is 0 Å². The number of likely N-dealkylation sites (tertiary alicyclic amines) is 1. The second-order valence-corrected chi connectivity index (χ2v) is 13.0. The summed E-state index contributed by atoms with van der Waals surface area (Å²) < 4.78 is 0. The molecule has 0 spiro atoms. The van der Waals surface area contributed by atoms with Gasteiger partial charge >= 0.3 is 0 Å². The fourth-order valence-corrected chi connectivity index (χ4v) is 6.97. The predicted molar refractivity (Wildman–Crippen MR) is 138 cm³/mol. The molecule has 5 heteroatoms. The zero-order valence-electron chi connectivity index (χ0n) is 21.0. The lowest BCUT2D eigenvalue weighted by Gasteiger charge is -2.42. The highest BCUT2D eigenvalue weighted by Gasteiger charge is 2.39. The lowest BCUT2D eigenvalue weighted by Crippen LogP contribution is -2.40. The topological polar surface area (TPSA) is 39.1 Å². The smallest absolute Gasteiger partial charge is 0.160 e. The van der Waals surface area contributed by atoms with Gasteiger partial charge < -0.3 is 14.9 Å². The normalized spacial score (nSPS) is 27.5. The minimum atomic E-state index is 0.244. The van der Waals surface area contributed by atoms with E-state index in [1.807, 2.05) is 11.8 Å². The summed E-state index contributed by atoms with van der Waals surface area (Å²) in [6.45, 7) is 16.3. The summed E-state index contributed by atoms with van der Waals surface area (Å²) >= 11 is 1.97. The molecule has 1 N–H and O–H groups in total. The Bertz CT molecular complexity index is 841. The standard InChI is InChI=1S/C27H43N3OS/c1-19-24(21-7-8-22-23(17-21)27(4,5)12-11-26(22,2)3)28-25(32-19)30-13-9-20(10-14-30)18-29(6)15-16-31/h7-8,17,19-20,24,31H,9-16,18H2,1-6H3. The number of hydrogen-bond donors (Lipinski definition) is 1. The van der Waals surface area contributed by atoms with E-state index in [1.165, 1.54) is 42.0 Å². The maximum Gasteiger partial charge on any atom is 0.160 e. The summed E-state index contributed by atoms with van der Waals surface area (Å²) in [6, 6.07) is 7.52. The first kappa shape index (κ1) is 24.1. The number of amidine groups is 1. The van der Waals surface area contributed by atoms with Crippen molar-refractivity contribution in [3.05, 3.63) is 34.9 Å². The van der Waals surface area contributed by atoms with Crippen LogP contribution in [0.2, 0.25) is 0 Å². The molecule has 2 heterocycles. The van der Waals surface area contributed by atoms with Gasteiger partial charge in [-0.15, -0.1) is 0 Å². The van der Waals surface area contributed by atoms with Gasteiger partial charge in [-0.2, -0.15) is 0 Å². The van der Waals surface area contributed by atoms with E-state index < -0.39 is 0 Å². The van der Waals surface area contributed by atoms with Crippen LogP contribution < -0.4 is 0 Å². The molecular weight excluding hydrogens is 414 g/mol. The molecule has 1 saturated heterocycles. The van der Waals surface area contributed by atoms with Crippen LogP contribution in [0.5, 0.6) is 0 Å². The first-order valence-corrected chi connectivity index (χ1v) is 13.4. The highest BCUT2D eigenvalue weighted by Crippen LogP contribution is 2.48. The summed E-state index contributed by atoms with van der Waals surface area (Å²) in [5.41, 5.74) is 4.98. The van der Waals surface area contributed by atoms with Gasteiger partial charge in [-0.25, -0.2) is 0 Å².